The Morgan fingerprint density at radius 3 is 2.71 bits per heavy atom. The average Bonchev–Trinajstić information content (AvgIpc) is 2.92. The minimum Gasteiger partial charge on any atom is -0.361 e. The largest absolute Gasteiger partial charge is 0.361 e. The Morgan fingerprint density at radius 1 is 1.29 bits per heavy atom. The van der Waals surface area contributed by atoms with E-state index < -0.39 is 0 Å². The summed E-state index contributed by atoms with van der Waals surface area (Å²) in [6.07, 6.45) is 3.04. The van der Waals surface area contributed by atoms with E-state index in [1.165, 1.54) is 11.8 Å². The number of rotatable bonds is 3. The molecule has 0 saturated heterocycles. The Kier molecular flexibility index (Phi) is 4.28. The van der Waals surface area contributed by atoms with Gasteiger partial charge >= 0.3 is 0 Å². The first-order chi connectivity index (χ1) is 11.1. The molecule has 0 spiro atoms. The molecule has 0 fully saturated rings. The summed E-state index contributed by atoms with van der Waals surface area (Å²) < 4.78 is 5.40. The molecule has 0 aromatic carbocycles. The number of Topliss-reactive ketones (excluding diaryl/α,β-unsaturated/α-hetero) is 1. The highest BCUT2D eigenvalue weighted by atomic mass is 32.2. The molecule has 1 aliphatic rings. The molecule has 0 N–H and O–H groups in total. The molecule has 2 aromatic heterocycles. The highest BCUT2D eigenvalue weighted by molar-refractivity contribution is 7.98. The van der Waals surface area contributed by atoms with Crippen molar-refractivity contribution in [2.75, 3.05) is 0 Å². The average molecular weight is 345 g/mol. The molecule has 2 heterocycles. The molecule has 0 aliphatic heterocycles. The second-order valence-corrected chi connectivity index (χ2v) is 9.12. The summed E-state index contributed by atoms with van der Waals surface area (Å²) in [6.45, 7) is 10.5. The quantitative estimate of drug-likeness (QED) is 0.613. The SMILES string of the molecule is CC1(C)CC(=O)c2cnc(SCc3cc(C(C)(C)C)on3)nc2C1. The van der Waals surface area contributed by atoms with E-state index in [1.54, 1.807) is 6.20 Å². The Bertz CT molecular complexity index is 775. The molecule has 24 heavy (non-hydrogen) atoms. The van der Waals surface area contributed by atoms with Gasteiger partial charge in [-0.15, -0.1) is 0 Å². The third-order valence-corrected chi connectivity index (χ3v) is 4.97. The van der Waals surface area contributed by atoms with Crippen LogP contribution in [0.5, 0.6) is 0 Å². The lowest BCUT2D eigenvalue weighted by Gasteiger charge is -2.29. The molecule has 0 bridgehead atoms. The Morgan fingerprint density at radius 2 is 2.04 bits per heavy atom. The zero-order valence-corrected chi connectivity index (χ0v) is 15.7. The van der Waals surface area contributed by atoms with Gasteiger partial charge in [0.15, 0.2) is 10.9 Å². The van der Waals surface area contributed by atoms with Crippen molar-refractivity contribution < 1.29 is 9.32 Å². The molecule has 6 heteroatoms. The van der Waals surface area contributed by atoms with Crippen LogP contribution in [0.15, 0.2) is 21.9 Å². The fourth-order valence-electron chi connectivity index (χ4n) is 2.75. The summed E-state index contributed by atoms with van der Waals surface area (Å²) in [5.74, 6) is 1.66. The highest BCUT2D eigenvalue weighted by Crippen LogP contribution is 2.34. The van der Waals surface area contributed by atoms with Crippen LogP contribution in [-0.2, 0) is 17.6 Å². The lowest BCUT2D eigenvalue weighted by Crippen LogP contribution is -2.28. The minimum absolute atomic E-state index is 0.0336. The van der Waals surface area contributed by atoms with Gasteiger partial charge in [-0.05, 0) is 11.8 Å². The van der Waals surface area contributed by atoms with Gasteiger partial charge < -0.3 is 4.52 Å². The molecule has 1 aliphatic carbocycles. The van der Waals surface area contributed by atoms with Crippen LogP contribution in [0.3, 0.4) is 0 Å². The van der Waals surface area contributed by atoms with E-state index in [0.717, 1.165) is 23.6 Å². The first kappa shape index (κ1) is 17.1. The fraction of sp³-hybridized carbons (Fsp3) is 0.556. The van der Waals surface area contributed by atoms with Crippen LogP contribution in [0.4, 0.5) is 0 Å². The van der Waals surface area contributed by atoms with E-state index in [1.807, 2.05) is 6.07 Å². The van der Waals surface area contributed by atoms with Crippen molar-refractivity contribution in [3.05, 3.63) is 35.0 Å². The summed E-state index contributed by atoms with van der Waals surface area (Å²) in [5, 5.41) is 4.79. The van der Waals surface area contributed by atoms with Crippen molar-refractivity contribution >= 4 is 17.5 Å². The van der Waals surface area contributed by atoms with Crippen LogP contribution >= 0.6 is 11.8 Å². The summed E-state index contributed by atoms with van der Waals surface area (Å²) in [5.41, 5.74) is 2.33. The molecule has 2 aromatic rings. The monoisotopic (exact) mass is 345 g/mol. The van der Waals surface area contributed by atoms with E-state index >= 15 is 0 Å². The molecule has 0 atom stereocenters. The summed E-state index contributed by atoms with van der Waals surface area (Å²) in [6, 6.07) is 1.98. The van der Waals surface area contributed by atoms with Crippen molar-refractivity contribution in [2.45, 2.75) is 63.8 Å². The highest BCUT2D eigenvalue weighted by Gasteiger charge is 2.32. The molecular weight excluding hydrogens is 322 g/mol. The molecule has 3 rings (SSSR count). The van der Waals surface area contributed by atoms with Gasteiger partial charge in [0, 0.05) is 29.9 Å². The maximum atomic E-state index is 12.2. The van der Waals surface area contributed by atoms with Gasteiger partial charge in [-0.2, -0.15) is 0 Å². The van der Waals surface area contributed by atoms with Crippen LogP contribution < -0.4 is 0 Å². The zero-order valence-electron chi connectivity index (χ0n) is 14.8. The van der Waals surface area contributed by atoms with Crippen molar-refractivity contribution in [2.24, 2.45) is 5.41 Å². The zero-order chi connectivity index (χ0) is 17.5. The Labute approximate surface area is 146 Å². The van der Waals surface area contributed by atoms with Crippen LogP contribution in [0.2, 0.25) is 0 Å². The van der Waals surface area contributed by atoms with Gasteiger partial charge in [0.05, 0.1) is 17.0 Å². The van der Waals surface area contributed by atoms with Crippen LogP contribution in [0.25, 0.3) is 0 Å². The molecule has 0 radical (unpaired) electrons. The predicted molar refractivity (Wildman–Crippen MR) is 93.2 cm³/mol. The number of fused-ring (bicyclic) bond motifs is 1. The molecular formula is C18H23N3O2S. The number of nitrogens with zero attached hydrogens (tertiary/aromatic N) is 3. The number of carbonyl (C=O) groups is 1. The predicted octanol–water partition coefficient (Wildman–Crippen LogP) is 4.21. The molecule has 0 unspecified atom stereocenters. The third-order valence-electron chi connectivity index (χ3n) is 4.08. The van der Waals surface area contributed by atoms with E-state index in [4.69, 9.17) is 4.52 Å². The van der Waals surface area contributed by atoms with Gasteiger partial charge in [0.2, 0.25) is 0 Å². The number of aromatic nitrogens is 3. The lowest BCUT2D eigenvalue weighted by molar-refractivity contribution is 0.0909. The maximum absolute atomic E-state index is 12.2. The summed E-state index contributed by atoms with van der Waals surface area (Å²) in [4.78, 5) is 21.1. The van der Waals surface area contributed by atoms with E-state index in [2.05, 4.69) is 49.7 Å². The lowest BCUT2D eigenvalue weighted by atomic mass is 9.76. The summed E-state index contributed by atoms with van der Waals surface area (Å²) in [7, 11) is 0. The third kappa shape index (κ3) is 3.69. The van der Waals surface area contributed by atoms with Gasteiger partial charge in [0.1, 0.15) is 5.76 Å². The maximum Gasteiger partial charge on any atom is 0.188 e. The van der Waals surface area contributed by atoms with E-state index in [9.17, 15) is 4.79 Å². The normalized spacial score (nSPS) is 17.0. The molecule has 128 valence electrons. The Hall–Kier alpha value is -1.69. The molecule has 0 amide bonds. The number of thioether (sulfide) groups is 1. The van der Waals surface area contributed by atoms with Gasteiger partial charge in [-0.25, -0.2) is 9.97 Å². The van der Waals surface area contributed by atoms with Gasteiger partial charge in [-0.3, -0.25) is 4.79 Å². The number of carbonyl (C=O) groups excluding carboxylic acids is 1. The first-order valence-electron chi connectivity index (χ1n) is 8.12. The fourth-order valence-corrected chi connectivity index (χ4v) is 3.47. The molecule has 5 nitrogen and oxygen atoms in total. The van der Waals surface area contributed by atoms with Gasteiger partial charge in [0.25, 0.3) is 0 Å². The number of ketones is 1. The second kappa shape index (κ2) is 5.99. The van der Waals surface area contributed by atoms with Crippen molar-refractivity contribution in [1.29, 1.82) is 0 Å². The van der Waals surface area contributed by atoms with E-state index in [-0.39, 0.29) is 16.6 Å². The number of hydrogen-bond donors (Lipinski definition) is 0. The van der Waals surface area contributed by atoms with Crippen molar-refractivity contribution in [1.82, 2.24) is 15.1 Å². The standard InChI is InChI=1S/C18H23N3O2S/c1-17(2,3)15-6-11(21-23-15)10-24-16-19-9-12-13(20-16)7-18(4,5)8-14(12)22/h6,9H,7-8,10H2,1-5H3. The van der Waals surface area contributed by atoms with E-state index in [0.29, 0.717) is 22.9 Å². The number of hydrogen-bond acceptors (Lipinski definition) is 6. The molecule has 0 saturated carbocycles. The second-order valence-electron chi connectivity index (χ2n) is 8.18. The smallest absolute Gasteiger partial charge is 0.188 e. The van der Waals surface area contributed by atoms with Crippen LogP contribution in [0, 0.1) is 5.41 Å². The Balaban J connectivity index is 1.73. The van der Waals surface area contributed by atoms with Crippen LogP contribution in [-0.4, -0.2) is 20.9 Å². The van der Waals surface area contributed by atoms with Gasteiger partial charge in [-0.1, -0.05) is 51.5 Å². The minimum atomic E-state index is -0.0514. The van der Waals surface area contributed by atoms with Crippen molar-refractivity contribution in [3.63, 3.8) is 0 Å². The first-order valence-corrected chi connectivity index (χ1v) is 9.11. The van der Waals surface area contributed by atoms with Crippen molar-refractivity contribution in [3.8, 4) is 0 Å². The van der Waals surface area contributed by atoms with Crippen LogP contribution in [0.1, 0.15) is 68.5 Å². The topological polar surface area (TPSA) is 68.9 Å². The summed E-state index contributed by atoms with van der Waals surface area (Å²) >= 11 is 1.52.